The maximum atomic E-state index is 11.9. The lowest BCUT2D eigenvalue weighted by atomic mass is 10.2. The zero-order valence-electron chi connectivity index (χ0n) is 13.4. The normalized spacial score (nSPS) is 11.7. The summed E-state index contributed by atoms with van der Waals surface area (Å²) in [5, 5.41) is 2.70. The van der Waals surface area contributed by atoms with E-state index in [0.717, 1.165) is 5.56 Å². The SMILES string of the molecule is CC(=O)Nc1ccc(-c2nccn2CCS(=O)(=O)N(C)C)cc1. The second kappa shape index (κ2) is 6.93. The lowest BCUT2D eigenvalue weighted by Crippen LogP contribution is -2.27. The summed E-state index contributed by atoms with van der Waals surface area (Å²) in [4.78, 5) is 15.3. The Hall–Kier alpha value is -2.19. The summed E-state index contributed by atoms with van der Waals surface area (Å²) in [6.45, 7) is 1.77. The van der Waals surface area contributed by atoms with Crippen LogP contribution in [0.2, 0.25) is 0 Å². The largest absolute Gasteiger partial charge is 0.330 e. The predicted octanol–water partition coefficient (Wildman–Crippen LogP) is 1.40. The van der Waals surface area contributed by atoms with Gasteiger partial charge in [0.2, 0.25) is 15.9 Å². The van der Waals surface area contributed by atoms with Crippen molar-refractivity contribution in [2.75, 3.05) is 25.2 Å². The number of rotatable bonds is 6. The summed E-state index contributed by atoms with van der Waals surface area (Å²) in [6.07, 6.45) is 3.39. The molecule has 0 saturated carbocycles. The first-order valence-corrected chi connectivity index (χ1v) is 8.70. The summed E-state index contributed by atoms with van der Waals surface area (Å²) in [5.74, 6) is 0.564. The molecule has 2 aromatic rings. The molecule has 0 fully saturated rings. The van der Waals surface area contributed by atoms with Crippen LogP contribution in [-0.4, -0.2) is 48.0 Å². The van der Waals surface area contributed by atoms with Crippen LogP contribution in [0.4, 0.5) is 5.69 Å². The van der Waals surface area contributed by atoms with Gasteiger partial charge in [0.25, 0.3) is 0 Å². The molecule has 1 heterocycles. The van der Waals surface area contributed by atoms with Gasteiger partial charge in [-0.15, -0.1) is 0 Å². The standard InChI is InChI=1S/C15H20N4O3S/c1-12(20)17-14-6-4-13(5-7-14)15-16-8-9-19(15)10-11-23(21,22)18(2)3/h4-9H,10-11H2,1-3H3,(H,17,20). The second-order valence-corrected chi connectivity index (χ2v) is 7.60. The molecule has 0 spiro atoms. The van der Waals surface area contributed by atoms with Crippen molar-refractivity contribution in [2.24, 2.45) is 0 Å². The smallest absolute Gasteiger partial charge is 0.221 e. The van der Waals surface area contributed by atoms with E-state index in [4.69, 9.17) is 0 Å². The number of hydrogen-bond donors (Lipinski definition) is 1. The third-order valence-corrected chi connectivity index (χ3v) is 5.14. The van der Waals surface area contributed by atoms with Crippen molar-refractivity contribution in [1.82, 2.24) is 13.9 Å². The molecule has 0 radical (unpaired) electrons. The fraction of sp³-hybridized carbons (Fsp3) is 0.333. The minimum Gasteiger partial charge on any atom is -0.330 e. The van der Waals surface area contributed by atoms with Crippen molar-refractivity contribution in [3.8, 4) is 11.4 Å². The number of anilines is 1. The van der Waals surface area contributed by atoms with Crippen LogP contribution in [0, 0.1) is 0 Å². The summed E-state index contributed by atoms with van der Waals surface area (Å²) in [7, 11) is -0.219. The van der Waals surface area contributed by atoms with Gasteiger partial charge < -0.3 is 9.88 Å². The number of hydrogen-bond acceptors (Lipinski definition) is 4. The Morgan fingerprint density at radius 3 is 2.48 bits per heavy atom. The average molecular weight is 336 g/mol. The number of carbonyl (C=O) groups is 1. The second-order valence-electron chi connectivity index (χ2n) is 5.30. The summed E-state index contributed by atoms with van der Waals surface area (Å²) in [6, 6.07) is 7.24. The van der Waals surface area contributed by atoms with Gasteiger partial charge >= 0.3 is 0 Å². The number of sulfonamides is 1. The Labute approximate surface area is 136 Å². The lowest BCUT2D eigenvalue weighted by molar-refractivity contribution is -0.114. The van der Waals surface area contributed by atoms with E-state index >= 15 is 0 Å². The molecule has 0 aliphatic carbocycles. The van der Waals surface area contributed by atoms with Gasteiger partial charge in [0, 0.05) is 51.2 Å². The highest BCUT2D eigenvalue weighted by Gasteiger charge is 2.15. The van der Waals surface area contributed by atoms with E-state index in [-0.39, 0.29) is 11.7 Å². The fourth-order valence-corrected chi connectivity index (χ4v) is 2.84. The van der Waals surface area contributed by atoms with Gasteiger partial charge in [-0.25, -0.2) is 17.7 Å². The van der Waals surface area contributed by atoms with Crippen LogP contribution >= 0.6 is 0 Å². The molecule has 0 unspecified atom stereocenters. The number of nitrogens with zero attached hydrogens (tertiary/aromatic N) is 3. The fourth-order valence-electron chi connectivity index (χ4n) is 2.05. The molecule has 1 aromatic carbocycles. The number of nitrogens with one attached hydrogen (secondary N) is 1. The number of imidazole rings is 1. The van der Waals surface area contributed by atoms with E-state index in [9.17, 15) is 13.2 Å². The van der Waals surface area contributed by atoms with E-state index in [2.05, 4.69) is 10.3 Å². The zero-order valence-corrected chi connectivity index (χ0v) is 14.2. The van der Waals surface area contributed by atoms with E-state index in [1.165, 1.54) is 25.3 Å². The molecule has 1 N–H and O–H groups in total. The minimum absolute atomic E-state index is 0.00728. The third kappa shape index (κ3) is 4.40. The van der Waals surface area contributed by atoms with Gasteiger partial charge in [-0.3, -0.25) is 4.79 Å². The van der Waals surface area contributed by atoms with E-state index in [1.54, 1.807) is 29.1 Å². The molecular formula is C15H20N4O3S. The highest BCUT2D eigenvalue weighted by molar-refractivity contribution is 7.89. The third-order valence-electron chi connectivity index (χ3n) is 3.33. The quantitative estimate of drug-likeness (QED) is 0.864. The monoisotopic (exact) mass is 336 g/mol. The van der Waals surface area contributed by atoms with Crippen LogP contribution in [0.1, 0.15) is 6.92 Å². The minimum atomic E-state index is -3.26. The van der Waals surface area contributed by atoms with Crippen LogP contribution in [-0.2, 0) is 21.4 Å². The molecule has 1 amide bonds. The van der Waals surface area contributed by atoms with Gasteiger partial charge in [0.05, 0.1) is 5.75 Å². The van der Waals surface area contributed by atoms with Crippen LogP contribution in [0.3, 0.4) is 0 Å². The molecule has 2 rings (SSSR count). The average Bonchev–Trinajstić information content (AvgIpc) is 2.94. The number of amides is 1. The first-order valence-electron chi connectivity index (χ1n) is 7.09. The van der Waals surface area contributed by atoms with Crippen LogP contribution in [0.5, 0.6) is 0 Å². The topological polar surface area (TPSA) is 84.3 Å². The molecule has 0 bridgehead atoms. The van der Waals surface area contributed by atoms with Gasteiger partial charge in [-0.1, -0.05) is 0 Å². The van der Waals surface area contributed by atoms with Crippen molar-refractivity contribution < 1.29 is 13.2 Å². The van der Waals surface area contributed by atoms with Crippen molar-refractivity contribution >= 4 is 21.6 Å². The van der Waals surface area contributed by atoms with Crippen LogP contribution < -0.4 is 5.32 Å². The number of benzene rings is 1. The van der Waals surface area contributed by atoms with Crippen molar-refractivity contribution in [3.63, 3.8) is 0 Å². The molecular weight excluding hydrogens is 316 g/mol. The maximum absolute atomic E-state index is 11.9. The van der Waals surface area contributed by atoms with Gasteiger partial charge in [-0.2, -0.15) is 0 Å². The molecule has 1 aromatic heterocycles. The molecule has 7 nitrogen and oxygen atoms in total. The Morgan fingerprint density at radius 2 is 1.91 bits per heavy atom. The zero-order chi connectivity index (χ0) is 17.0. The maximum Gasteiger partial charge on any atom is 0.221 e. The molecule has 0 atom stereocenters. The van der Waals surface area contributed by atoms with E-state index in [0.29, 0.717) is 18.1 Å². The number of aromatic nitrogens is 2. The van der Waals surface area contributed by atoms with Gasteiger partial charge in [-0.05, 0) is 24.3 Å². The highest BCUT2D eigenvalue weighted by atomic mass is 32.2. The first kappa shape index (κ1) is 17.2. The number of carbonyl (C=O) groups excluding carboxylic acids is 1. The molecule has 0 saturated heterocycles. The Bertz CT molecular complexity index is 779. The molecule has 8 heteroatoms. The molecule has 0 aliphatic rings. The molecule has 124 valence electrons. The van der Waals surface area contributed by atoms with Gasteiger partial charge in [0.15, 0.2) is 0 Å². The van der Waals surface area contributed by atoms with Crippen LogP contribution in [0.15, 0.2) is 36.7 Å². The summed E-state index contributed by atoms with van der Waals surface area (Å²) in [5.41, 5.74) is 1.56. The van der Waals surface area contributed by atoms with E-state index in [1.807, 2.05) is 12.1 Å². The van der Waals surface area contributed by atoms with Gasteiger partial charge in [0.1, 0.15) is 5.82 Å². The molecule has 23 heavy (non-hydrogen) atoms. The summed E-state index contributed by atoms with van der Waals surface area (Å²) >= 11 is 0. The molecule has 0 aliphatic heterocycles. The van der Waals surface area contributed by atoms with E-state index < -0.39 is 10.0 Å². The predicted molar refractivity (Wildman–Crippen MR) is 89.4 cm³/mol. The highest BCUT2D eigenvalue weighted by Crippen LogP contribution is 2.20. The van der Waals surface area contributed by atoms with Crippen molar-refractivity contribution in [3.05, 3.63) is 36.7 Å². The number of aryl methyl sites for hydroxylation is 1. The summed E-state index contributed by atoms with van der Waals surface area (Å²) < 4.78 is 26.8. The Kier molecular flexibility index (Phi) is 5.17. The van der Waals surface area contributed by atoms with Crippen molar-refractivity contribution in [2.45, 2.75) is 13.5 Å². The lowest BCUT2D eigenvalue weighted by Gasteiger charge is -2.13. The van der Waals surface area contributed by atoms with Crippen LogP contribution in [0.25, 0.3) is 11.4 Å². The van der Waals surface area contributed by atoms with Crippen molar-refractivity contribution in [1.29, 1.82) is 0 Å². The Morgan fingerprint density at radius 1 is 1.26 bits per heavy atom. The Balaban J connectivity index is 2.16. The first-order chi connectivity index (χ1) is 10.8.